The van der Waals surface area contributed by atoms with Gasteiger partial charge in [-0.15, -0.1) is 0 Å². The van der Waals surface area contributed by atoms with Crippen molar-refractivity contribution in [1.29, 1.82) is 5.26 Å². The Hall–Kier alpha value is -1.88. The molecule has 1 aliphatic rings. The van der Waals surface area contributed by atoms with Crippen molar-refractivity contribution in [3.63, 3.8) is 0 Å². The molecule has 1 aliphatic heterocycles. The van der Waals surface area contributed by atoms with Crippen molar-refractivity contribution in [2.75, 3.05) is 0 Å². The zero-order valence-electron chi connectivity index (χ0n) is 9.48. The summed E-state index contributed by atoms with van der Waals surface area (Å²) in [6, 6.07) is 8.18. The first-order valence-electron chi connectivity index (χ1n) is 5.39. The summed E-state index contributed by atoms with van der Waals surface area (Å²) >= 11 is 1.75. The molecule has 3 rings (SSSR count). The highest BCUT2D eigenvalue weighted by atomic mass is 127. The van der Waals surface area contributed by atoms with Gasteiger partial charge in [-0.2, -0.15) is 5.26 Å². The maximum absolute atomic E-state index is 13.6. The second-order valence-corrected chi connectivity index (χ2v) is 5.01. The Bertz CT molecular complexity index is 792. The largest absolute Gasteiger partial charge is 0.487 e. The van der Waals surface area contributed by atoms with E-state index in [0.29, 0.717) is 28.1 Å². The molecule has 0 N–H and O–H groups in total. The van der Waals surface area contributed by atoms with Gasteiger partial charge in [-0.3, -0.25) is 4.79 Å². The highest BCUT2D eigenvalue weighted by Crippen LogP contribution is 2.38. The van der Waals surface area contributed by atoms with Crippen molar-refractivity contribution in [2.45, 2.75) is 6.61 Å². The Morgan fingerprint density at radius 2 is 2.16 bits per heavy atom. The summed E-state index contributed by atoms with van der Waals surface area (Å²) in [7, 11) is 0. The van der Waals surface area contributed by atoms with Crippen LogP contribution in [0.4, 0.5) is 4.39 Å². The quantitative estimate of drug-likeness (QED) is 0.672. The summed E-state index contributed by atoms with van der Waals surface area (Å²) in [4.78, 5) is 11.5. The third-order valence-electron chi connectivity index (χ3n) is 2.96. The van der Waals surface area contributed by atoms with Crippen LogP contribution < -0.4 is 10.3 Å². The Labute approximate surface area is 121 Å². The van der Waals surface area contributed by atoms with Crippen molar-refractivity contribution >= 4 is 22.9 Å². The number of ether oxygens (including phenoxy) is 1. The molecule has 0 spiro atoms. The first kappa shape index (κ1) is 12.2. The van der Waals surface area contributed by atoms with Crippen LogP contribution in [0.25, 0.3) is 11.1 Å². The molecule has 0 fully saturated rings. The van der Waals surface area contributed by atoms with Gasteiger partial charge in [0, 0.05) is 11.1 Å². The van der Waals surface area contributed by atoms with Crippen LogP contribution in [0.2, 0.25) is 0 Å². The number of halogens is 2. The predicted molar refractivity (Wildman–Crippen MR) is 74.6 cm³/mol. The fraction of sp³-hybridized carbons (Fsp3) is 0.0769. The molecule has 1 aromatic carbocycles. The summed E-state index contributed by atoms with van der Waals surface area (Å²) < 4.78 is 20.3. The van der Waals surface area contributed by atoms with Gasteiger partial charge in [-0.25, -0.2) is 7.17 Å². The molecule has 0 saturated carbocycles. The number of benzene rings is 1. The van der Waals surface area contributed by atoms with E-state index >= 15 is 0 Å². The van der Waals surface area contributed by atoms with Crippen LogP contribution in [-0.4, -0.2) is 2.78 Å². The molecule has 94 valence electrons. The number of nitriles is 1. The minimum Gasteiger partial charge on any atom is -0.487 e. The normalized spacial score (nSPS) is 12.1. The van der Waals surface area contributed by atoms with Gasteiger partial charge in [-0.1, -0.05) is 0 Å². The molecule has 2 aromatic rings. The predicted octanol–water partition coefficient (Wildman–Crippen LogP) is 2.62. The Morgan fingerprint density at radius 3 is 2.89 bits per heavy atom. The first-order chi connectivity index (χ1) is 9.11. The summed E-state index contributed by atoms with van der Waals surface area (Å²) in [5.41, 5.74) is 1.58. The lowest BCUT2D eigenvalue weighted by atomic mass is 9.99. The van der Waals surface area contributed by atoms with Crippen LogP contribution >= 0.6 is 22.9 Å². The van der Waals surface area contributed by atoms with Gasteiger partial charge in [-0.05, 0) is 24.3 Å². The van der Waals surface area contributed by atoms with E-state index in [-0.39, 0.29) is 6.61 Å². The number of pyridine rings is 1. The van der Waals surface area contributed by atoms with Gasteiger partial charge in [0.1, 0.15) is 12.4 Å². The summed E-state index contributed by atoms with van der Waals surface area (Å²) in [6.45, 7) is 0.201. The van der Waals surface area contributed by atoms with Crippen molar-refractivity contribution in [3.05, 3.63) is 51.7 Å². The average Bonchev–Trinajstić information content (AvgIpc) is 2.44. The van der Waals surface area contributed by atoms with E-state index in [1.165, 1.54) is 8.85 Å². The summed E-state index contributed by atoms with van der Waals surface area (Å²) in [6.07, 6.45) is 0. The smallest absolute Gasteiger partial charge is 0.295 e. The van der Waals surface area contributed by atoms with E-state index in [2.05, 4.69) is 0 Å². The van der Waals surface area contributed by atoms with Crippen LogP contribution in [0.1, 0.15) is 11.3 Å². The second kappa shape index (κ2) is 4.35. The van der Waals surface area contributed by atoms with Crippen LogP contribution in [0.15, 0.2) is 29.1 Å². The van der Waals surface area contributed by atoms with E-state index in [1.54, 1.807) is 41.1 Å². The summed E-state index contributed by atoms with van der Waals surface area (Å²) in [5, 5.41) is 8.92. The zero-order chi connectivity index (χ0) is 13.6. The third kappa shape index (κ3) is 1.81. The van der Waals surface area contributed by atoms with Crippen LogP contribution in [0.3, 0.4) is 0 Å². The molecule has 2 heterocycles. The van der Waals surface area contributed by atoms with Gasteiger partial charge in [0.2, 0.25) is 0 Å². The van der Waals surface area contributed by atoms with E-state index < -0.39 is 11.4 Å². The summed E-state index contributed by atoms with van der Waals surface area (Å²) in [5.74, 6) is -0.232. The maximum Gasteiger partial charge on any atom is 0.295 e. The monoisotopic (exact) mass is 368 g/mol. The molecule has 19 heavy (non-hydrogen) atoms. The molecular weight excluding hydrogens is 362 g/mol. The zero-order valence-corrected chi connectivity index (χ0v) is 11.6. The molecule has 6 heteroatoms. The number of rotatable bonds is 0. The third-order valence-corrected chi connectivity index (χ3v) is 3.99. The second-order valence-electron chi connectivity index (χ2n) is 4.05. The minimum absolute atomic E-state index is 0.201. The first-order valence-corrected chi connectivity index (χ1v) is 6.36. The van der Waals surface area contributed by atoms with E-state index in [4.69, 9.17) is 10.00 Å². The van der Waals surface area contributed by atoms with Crippen molar-refractivity contribution in [1.82, 2.24) is 2.78 Å². The highest BCUT2D eigenvalue weighted by molar-refractivity contribution is 14.1. The average molecular weight is 368 g/mol. The van der Waals surface area contributed by atoms with Crippen LogP contribution in [0.5, 0.6) is 5.75 Å². The lowest BCUT2D eigenvalue weighted by molar-refractivity contribution is 0.295. The Morgan fingerprint density at radius 1 is 1.37 bits per heavy atom. The number of fused-ring (bicyclic) bond motifs is 3. The van der Waals surface area contributed by atoms with Gasteiger partial charge < -0.3 is 4.74 Å². The fourth-order valence-corrected chi connectivity index (χ4v) is 2.67. The van der Waals surface area contributed by atoms with Gasteiger partial charge in [0.25, 0.3) is 5.56 Å². The lowest BCUT2D eigenvalue weighted by Crippen LogP contribution is -2.23. The highest BCUT2D eigenvalue weighted by Gasteiger charge is 2.22. The van der Waals surface area contributed by atoms with Crippen molar-refractivity contribution < 1.29 is 9.13 Å². The van der Waals surface area contributed by atoms with Crippen LogP contribution in [-0.2, 0) is 6.61 Å². The van der Waals surface area contributed by atoms with E-state index in [1.807, 2.05) is 6.07 Å². The van der Waals surface area contributed by atoms with Gasteiger partial charge in [0.05, 0.1) is 40.2 Å². The topological polar surface area (TPSA) is 55.0 Å². The molecule has 0 aliphatic carbocycles. The number of hydrogen-bond donors (Lipinski definition) is 0. The molecule has 0 bridgehead atoms. The fourth-order valence-electron chi connectivity index (χ4n) is 2.04. The van der Waals surface area contributed by atoms with Gasteiger partial charge in [0.15, 0.2) is 5.82 Å². The lowest BCUT2D eigenvalue weighted by Gasteiger charge is -2.22. The number of nitrogens with zero attached hydrogens (tertiary/aromatic N) is 2. The minimum atomic E-state index is -0.816. The van der Waals surface area contributed by atoms with Crippen molar-refractivity contribution in [3.8, 4) is 22.9 Å². The Balaban J connectivity index is 2.35. The number of aromatic nitrogens is 1. The molecule has 0 radical (unpaired) electrons. The van der Waals surface area contributed by atoms with Gasteiger partial charge >= 0.3 is 0 Å². The molecule has 0 unspecified atom stereocenters. The van der Waals surface area contributed by atoms with Crippen molar-refractivity contribution in [2.24, 2.45) is 0 Å². The molecule has 0 saturated heterocycles. The van der Waals surface area contributed by atoms with E-state index in [9.17, 15) is 9.18 Å². The molecule has 4 nitrogen and oxygen atoms in total. The molecule has 0 amide bonds. The standard InChI is InChI=1S/C13H6FIN2O2/c14-10-4-8-9-3-7(5-16)1-2-12(9)19-6-11(8)17(15)13(10)18/h1-4H,6H2. The molecule has 0 atom stereocenters. The van der Waals surface area contributed by atoms with E-state index in [0.717, 1.165) is 0 Å². The SMILES string of the molecule is N#Cc1ccc2c(c1)-c1cc(F)c(=O)n(I)c1CO2. The van der Waals surface area contributed by atoms with Crippen LogP contribution in [0, 0.1) is 17.1 Å². The molecular formula is C13H6FIN2O2. The molecule has 1 aromatic heterocycles. The number of hydrogen-bond acceptors (Lipinski definition) is 3. The maximum atomic E-state index is 13.6. The Kier molecular flexibility index (Phi) is 2.78.